The molecule has 2 unspecified atom stereocenters. The highest BCUT2D eigenvalue weighted by molar-refractivity contribution is 7.97. The molecular formula is C86H103OS5+5. The van der Waals surface area contributed by atoms with Crippen molar-refractivity contribution < 1.29 is 4.74 Å². The summed E-state index contributed by atoms with van der Waals surface area (Å²) in [5.41, 5.74) is 5.87. The first-order valence-corrected chi connectivity index (χ1v) is 41.0. The first kappa shape index (κ1) is 69.9. The SMILES string of the molecule is CC.CC(C)(C)c1ccc(-[s+]2ccc3ccccc32)cc1.CC(C)(C)c1ccc([S+]2CCCCC2)cc1.CCCCCCOc1c(C)cc(-[s+]2c3ccccc3c3ccccc32)cc1C.c1ccc(-[s+]2ccc3ccccc32)cc1.c1ccc([S+]2CCCCC2)cc1. The third-order valence-electron chi connectivity index (χ3n) is 17.2. The minimum absolute atomic E-state index is 0.0350. The average Bonchev–Trinajstić information content (AvgIpc) is 1.60. The van der Waals surface area contributed by atoms with Gasteiger partial charge in [0.1, 0.15) is 39.5 Å². The summed E-state index contributed by atoms with van der Waals surface area (Å²) in [6.45, 7) is 25.1. The summed E-state index contributed by atoms with van der Waals surface area (Å²) in [5, 5.41) is 10.1. The average molecular weight is 1310 g/mol. The smallest absolute Gasteiger partial charge is 0.187 e. The van der Waals surface area contributed by atoms with Gasteiger partial charge in [0.15, 0.2) is 43.3 Å². The van der Waals surface area contributed by atoms with Crippen molar-refractivity contribution >= 4 is 93.5 Å². The molecule has 6 heteroatoms. The van der Waals surface area contributed by atoms with E-state index in [0.717, 1.165) is 18.8 Å². The molecule has 0 bridgehead atoms. The maximum atomic E-state index is 6.17. The van der Waals surface area contributed by atoms with Crippen LogP contribution in [0.2, 0.25) is 0 Å². The van der Waals surface area contributed by atoms with Gasteiger partial charge in [-0.1, -0.05) is 191 Å². The summed E-state index contributed by atoms with van der Waals surface area (Å²) in [5.74, 6) is 6.79. The number of rotatable bonds is 11. The Labute approximate surface area is 568 Å². The summed E-state index contributed by atoms with van der Waals surface area (Å²) < 4.78 is 12.0. The maximum Gasteiger partial charge on any atom is 0.187 e. The number of aryl methyl sites for hydroxylation is 2. The van der Waals surface area contributed by atoms with Crippen molar-refractivity contribution in [2.24, 2.45) is 0 Å². The molecule has 0 saturated carbocycles. The normalized spacial score (nSPS) is 13.9. The van der Waals surface area contributed by atoms with Crippen LogP contribution in [0.15, 0.2) is 251 Å². The zero-order valence-electron chi connectivity index (χ0n) is 57.2. The van der Waals surface area contributed by atoms with Crippen LogP contribution >= 0.6 is 31.4 Å². The van der Waals surface area contributed by atoms with Crippen LogP contribution in [0.4, 0.5) is 0 Å². The summed E-state index contributed by atoms with van der Waals surface area (Å²) >= 11 is 0. The highest BCUT2D eigenvalue weighted by atomic mass is 32.2. The van der Waals surface area contributed by atoms with Crippen molar-refractivity contribution in [1.82, 2.24) is 0 Å². The molecule has 2 aliphatic heterocycles. The summed E-state index contributed by atoms with van der Waals surface area (Å²) in [7, 11) is 1.39. The lowest BCUT2D eigenvalue weighted by Gasteiger charge is -2.19. The summed E-state index contributed by atoms with van der Waals surface area (Å²) in [4.78, 5) is 7.38. The van der Waals surface area contributed by atoms with Gasteiger partial charge in [0.2, 0.25) is 0 Å². The molecule has 2 atom stereocenters. The van der Waals surface area contributed by atoms with Crippen LogP contribution in [0, 0.1) is 13.8 Å². The van der Waals surface area contributed by atoms with E-state index in [1.165, 1.54) is 158 Å². The van der Waals surface area contributed by atoms with E-state index in [1.54, 1.807) is 9.79 Å². The predicted octanol–water partition coefficient (Wildman–Crippen LogP) is 26.8. The van der Waals surface area contributed by atoms with Gasteiger partial charge in [-0.3, -0.25) is 0 Å². The number of fused-ring (bicyclic) bond motifs is 5. The molecular weight excluding hydrogens is 1210 g/mol. The lowest BCUT2D eigenvalue weighted by molar-refractivity contribution is 0.301. The van der Waals surface area contributed by atoms with Gasteiger partial charge in [0.25, 0.3) is 0 Å². The molecule has 2 fully saturated rings. The second-order valence-electron chi connectivity index (χ2n) is 26.0. The molecule has 0 amide bonds. The number of unbranched alkanes of at least 4 members (excludes halogenated alkanes) is 3. The predicted molar refractivity (Wildman–Crippen MR) is 420 cm³/mol. The zero-order valence-corrected chi connectivity index (χ0v) is 61.2. The first-order chi connectivity index (χ1) is 44.7. The van der Waals surface area contributed by atoms with Crippen LogP contribution < -0.4 is 4.74 Å². The summed E-state index contributed by atoms with van der Waals surface area (Å²) in [6, 6.07) is 84.4. The molecule has 5 heterocycles. The van der Waals surface area contributed by atoms with Gasteiger partial charge in [0, 0.05) is 99.0 Å². The number of hydrogen-bond donors (Lipinski definition) is 0. The van der Waals surface area contributed by atoms with Gasteiger partial charge >= 0.3 is 0 Å². The molecule has 478 valence electrons. The monoisotopic (exact) mass is 1310 g/mol. The van der Waals surface area contributed by atoms with Gasteiger partial charge < -0.3 is 4.74 Å². The Bertz CT molecular complexity index is 4050. The van der Waals surface area contributed by atoms with Crippen molar-refractivity contribution in [3.8, 4) is 20.4 Å². The second kappa shape index (κ2) is 34.7. The molecule has 0 N–H and O–H groups in total. The standard InChI is InChI=1S/C26H29OS.C18H19S.C15H23S.C14H11S.C11H15S.C2H6/c1-4-5-6-11-16-27-26-19(2)17-21(18-20(26)3)28-24-14-9-7-12-22(24)23-13-8-10-15-25(23)28;1-18(2,3)15-8-10-16(11-9-15)19-13-12-14-6-4-5-7-17(14)19;1-15(2,3)13-7-9-14(10-8-13)16-11-5-4-6-12-16;1-2-7-13(8-3-1)15-11-10-12-6-4-5-9-14(12)15;1-3-7-11(8-4-1)12-9-5-2-6-10-12;1-2/h7-10,12-15,17-18H,4-6,11,16H2,1-3H3;4-13H,1-3H3;7-10H,4-6,11-12H2,1-3H3;1-11H;1,3-4,7-8H,2,5-6,9-10H2;1-2H3/q5*+1;. The minimum Gasteiger partial charge on any atom is -0.493 e. The molecule has 14 rings (SSSR count). The molecule has 1 nitrogen and oxygen atoms in total. The lowest BCUT2D eigenvalue weighted by atomic mass is 9.87. The number of hydrogen-bond acceptors (Lipinski definition) is 1. The Morgan fingerprint density at radius 3 is 1.16 bits per heavy atom. The Kier molecular flexibility index (Phi) is 26.4. The molecule has 2 aliphatic rings. The van der Waals surface area contributed by atoms with Gasteiger partial charge in [0.05, 0.1) is 6.61 Å². The lowest BCUT2D eigenvalue weighted by Crippen LogP contribution is -2.18. The zero-order chi connectivity index (χ0) is 64.9. The largest absolute Gasteiger partial charge is 0.493 e. The summed E-state index contributed by atoms with van der Waals surface area (Å²) in [6.07, 6.45) is 13.6. The quantitative estimate of drug-likeness (QED) is 0.0926. The topological polar surface area (TPSA) is 9.23 Å². The van der Waals surface area contributed by atoms with Crippen molar-refractivity contribution in [3.05, 3.63) is 264 Å². The van der Waals surface area contributed by atoms with E-state index in [2.05, 4.69) is 304 Å². The molecule has 0 aliphatic carbocycles. The highest BCUT2D eigenvalue weighted by Gasteiger charge is 2.28. The molecule has 0 spiro atoms. The van der Waals surface area contributed by atoms with E-state index in [4.69, 9.17) is 4.74 Å². The van der Waals surface area contributed by atoms with Crippen LogP contribution in [-0.2, 0) is 32.6 Å². The molecule has 2 saturated heterocycles. The fourth-order valence-electron chi connectivity index (χ4n) is 12.1. The van der Waals surface area contributed by atoms with Gasteiger partial charge in [-0.2, -0.15) is 0 Å². The van der Waals surface area contributed by atoms with Crippen LogP contribution in [0.5, 0.6) is 5.75 Å². The fourth-order valence-corrected chi connectivity index (χ4v) is 23.1. The van der Waals surface area contributed by atoms with Crippen LogP contribution in [-0.4, -0.2) is 29.6 Å². The fraction of sp³-hybridized carbons (Fsp3) is 0.326. The number of ether oxygens (including phenoxy) is 1. The van der Waals surface area contributed by atoms with E-state index in [1.807, 2.05) is 13.8 Å². The highest BCUT2D eigenvalue weighted by Crippen LogP contribution is 2.50. The first-order valence-electron chi connectivity index (χ1n) is 34.1. The molecule has 3 aromatic heterocycles. The molecule has 92 heavy (non-hydrogen) atoms. The Morgan fingerprint density at radius 2 is 0.728 bits per heavy atom. The van der Waals surface area contributed by atoms with Crippen LogP contribution in [0.3, 0.4) is 0 Å². The van der Waals surface area contributed by atoms with E-state index in [9.17, 15) is 0 Å². The van der Waals surface area contributed by atoms with Gasteiger partial charge in [-0.25, -0.2) is 0 Å². The molecule has 0 radical (unpaired) electrons. The van der Waals surface area contributed by atoms with Crippen molar-refractivity contribution in [3.63, 3.8) is 0 Å². The van der Waals surface area contributed by atoms with Crippen LogP contribution in [0.1, 0.15) is 149 Å². The third kappa shape index (κ3) is 18.7. The van der Waals surface area contributed by atoms with Gasteiger partial charge in [-0.15, -0.1) is 0 Å². The van der Waals surface area contributed by atoms with E-state index in [0.29, 0.717) is 21.8 Å². The Hall–Kier alpha value is -6.38. The van der Waals surface area contributed by atoms with E-state index in [-0.39, 0.29) is 42.2 Å². The Morgan fingerprint density at radius 1 is 0.359 bits per heavy atom. The maximum absolute atomic E-state index is 6.17. The van der Waals surface area contributed by atoms with Gasteiger partial charge in [-0.05, 0) is 189 Å². The van der Waals surface area contributed by atoms with E-state index >= 15 is 0 Å². The third-order valence-corrected chi connectivity index (χ3v) is 28.5. The second-order valence-corrected chi connectivity index (χ2v) is 36.3. The van der Waals surface area contributed by atoms with Crippen molar-refractivity contribution in [2.75, 3.05) is 29.6 Å². The van der Waals surface area contributed by atoms with Crippen molar-refractivity contribution in [1.29, 1.82) is 0 Å². The van der Waals surface area contributed by atoms with E-state index < -0.39 is 0 Å². The van der Waals surface area contributed by atoms with Crippen molar-refractivity contribution in [2.45, 2.75) is 161 Å². The minimum atomic E-state index is -0.0350. The number of thiophene rings is 3. The molecule has 12 aromatic rings. The molecule has 9 aromatic carbocycles. The Balaban J connectivity index is 0.000000139. The van der Waals surface area contributed by atoms with Crippen LogP contribution in [0.25, 0.3) is 55.0 Å². The number of benzene rings is 9.